The standard InChI is InChI=1S/C17H39N3/c1-15(2)19(12-9-11-18(7)8)13-10-14-20(16(3)4)17(5)6/h15-17H,9-14H2,1-8H3. The van der Waals surface area contributed by atoms with Crippen molar-refractivity contribution in [1.29, 1.82) is 0 Å². The summed E-state index contributed by atoms with van der Waals surface area (Å²) in [5, 5.41) is 0. The van der Waals surface area contributed by atoms with Crippen LogP contribution in [-0.4, -0.2) is 73.1 Å². The van der Waals surface area contributed by atoms with Crippen molar-refractivity contribution in [1.82, 2.24) is 14.7 Å². The van der Waals surface area contributed by atoms with Gasteiger partial charge in [0.1, 0.15) is 0 Å². The van der Waals surface area contributed by atoms with Crippen LogP contribution in [0.1, 0.15) is 54.4 Å². The quantitative estimate of drug-likeness (QED) is 0.577. The number of hydrogen-bond acceptors (Lipinski definition) is 3. The van der Waals surface area contributed by atoms with Gasteiger partial charge in [-0.15, -0.1) is 0 Å². The van der Waals surface area contributed by atoms with Crippen LogP contribution in [0.5, 0.6) is 0 Å². The fourth-order valence-corrected chi connectivity index (χ4v) is 2.79. The monoisotopic (exact) mass is 285 g/mol. The maximum absolute atomic E-state index is 2.63. The minimum atomic E-state index is 0.649. The Morgan fingerprint density at radius 2 is 1.05 bits per heavy atom. The van der Waals surface area contributed by atoms with Gasteiger partial charge in [-0.3, -0.25) is 4.90 Å². The molecule has 20 heavy (non-hydrogen) atoms. The van der Waals surface area contributed by atoms with Crippen molar-refractivity contribution in [2.75, 3.05) is 40.3 Å². The summed E-state index contributed by atoms with van der Waals surface area (Å²) in [7, 11) is 4.31. The summed E-state index contributed by atoms with van der Waals surface area (Å²) in [6.45, 7) is 18.7. The van der Waals surface area contributed by atoms with Crippen molar-refractivity contribution >= 4 is 0 Å². The van der Waals surface area contributed by atoms with E-state index in [1.807, 2.05) is 0 Å². The molecule has 0 bridgehead atoms. The van der Waals surface area contributed by atoms with Gasteiger partial charge in [-0.1, -0.05) is 0 Å². The average molecular weight is 286 g/mol. The molecule has 0 saturated heterocycles. The van der Waals surface area contributed by atoms with E-state index in [9.17, 15) is 0 Å². The number of rotatable bonds is 11. The highest BCUT2D eigenvalue weighted by Crippen LogP contribution is 2.08. The second-order valence-corrected chi connectivity index (χ2v) is 7.07. The molecule has 3 heteroatoms. The Morgan fingerprint density at radius 3 is 1.40 bits per heavy atom. The molecule has 122 valence electrons. The first kappa shape index (κ1) is 19.9. The molecule has 0 spiro atoms. The minimum Gasteiger partial charge on any atom is -0.309 e. The van der Waals surface area contributed by atoms with E-state index in [2.05, 4.69) is 70.3 Å². The lowest BCUT2D eigenvalue weighted by molar-refractivity contribution is 0.149. The fourth-order valence-electron chi connectivity index (χ4n) is 2.79. The van der Waals surface area contributed by atoms with Gasteiger partial charge in [-0.05, 0) is 94.7 Å². The lowest BCUT2D eigenvalue weighted by Gasteiger charge is -2.32. The molecule has 0 unspecified atom stereocenters. The number of hydrogen-bond donors (Lipinski definition) is 0. The van der Waals surface area contributed by atoms with E-state index >= 15 is 0 Å². The van der Waals surface area contributed by atoms with Crippen molar-refractivity contribution in [3.63, 3.8) is 0 Å². The van der Waals surface area contributed by atoms with Crippen LogP contribution in [0.15, 0.2) is 0 Å². The van der Waals surface area contributed by atoms with Crippen molar-refractivity contribution in [3.05, 3.63) is 0 Å². The summed E-state index contributed by atoms with van der Waals surface area (Å²) in [6.07, 6.45) is 2.54. The zero-order valence-electron chi connectivity index (χ0n) is 15.3. The summed E-state index contributed by atoms with van der Waals surface area (Å²) in [4.78, 5) is 7.50. The molecule has 0 aromatic rings. The second-order valence-electron chi connectivity index (χ2n) is 7.07. The van der Waals surface area contributed by atoms with E-state index in [0.717, 1.165) is 0 Å². The lowest BCUT2D eigenvalue weighted by Crippen LogP contribution is -2.40. The molecule has 0 aromatic heterocycles. The molecular formula is C17H39N3. The molecule has 0 radical (unpaired) electrons. The second kappa shape index (κ2) is 10.6. The first-order valence-corrected chi connectivity index (χ1v) is 8.40. The van der Waals surface area contributed by atoms with Crippen LogP contribution in [0.4, 0.5) is 0 Å². The molecule has 0 aromatic carbocycles. The molecule has 0 atom stereocenters. The van der Waals surface area contributed by atoms with Crippen LogP contribution in [0.25, 0.3) is 0 Å². The Bertz CT molecular complexity index is 216. The van der Waals surface area contributed by atoms with Crippen molar-refractivity contribution in [2.24, 2.45) is 0 Å². The highest BCUT2D eigenvalue weighted by atomic mass is 15.2. The predicted molar refractivity (Wildman–Crippen MR) is 91.5 cm³/mol. The molecule has 0 N–H and O–H groups in total. The van der Waals surface area contributed by atoms with Gasteiger partial charge >= 0.3 is 0 Å². The molecule has 0 aliphatic heterocycles. The molecular weight excluding hydrogens is 246 g/mol. The molecule has 0 aliphatic carbocycles. The first-order valence-electron chi connectivity index (χ1n) is 8.40. The Hall–Kier alpha value is -0.120. The van der Waals surface area contributed by atoms with Crippen molar-refractivity contribution in [2.45, 2.75) is 72.5 Å². The molecule has 0 saturated carbocycles. The van der Waals surface area contributed by atoms with Crippen LogP contribution >= 0.6 is 0 Å². The third kappa shape index (κ3) is 8.93. The van der Waals surface area contributed by atoms with Crippen LogP contribution in [-0.2, 0) is 0 Å². The van der Waals surface area contributed by atoms with E-state index in [1.54, 1.807) is 0 Å². The van der Waals surface area contributed by atoms with Gasteiger partial charge in [-0.25, -0.2) is 0 Å². The summed E-state index contributed by atoms with van der Waals surface area (Å²) in [5.41, 5.74) is 0. The Kier molecular flexibility index (Phi) is 10.5. The highest BCUT2D eigenvalue weighted by molar-refractivity contribution is 4.70. The van der Waals surface area contributed by atoms with E-state index in [1.165, 1.54) is 39.0 Å². The highest BCUT2D eigenvalue weighted by Gasteiger charge is 2.14. The number of nitrogens with zero attached hydrogens (tertiary/aromatic N) is 3. The first-order chi connectivity index (χ1) is 9.25. The smallest absolute Gasteiger partial charge is 0.00413 e. The Balaban J connectivity index is 4.07. The third-order valence-electron chi connectivity index (χ3n) is 3.97. The van der Waals surface area contributed by atoms with E-state index in [-0.39, 0.29) is 0 Å². The van der Waals surface area contributed by atoms with Crippen LogP contribution in [0.2, 0.25) is 0 Å². The van der Waals surface area contributed by atoms with Gasteiger partial charge < -0.3 is 9.80 Å². The molecule has 0 heterocycles. The van der Waals surface area contributed by atoms with Crippen molar-refractivity contribution in [3.8, 4) is 0 Å². The fraction of sp³-hybridized carbons (Fsp3) is 1.00. The largest absolute Gasteiger partial charge is 0.309 e. The van der Waals surface area contributed by atoms with Crippen LogP contribution < -0.4 is 0 Å². The van der Waals surface area contributed by atoms with Gasteiger partial charge in [0, 0.05) is 18.1 Å². The van der Waals surface area contributed by atoms with E-state index in [4.69, 9.17) is 0 Å². The lowest BCUT2D eigenvalue weighted by atomic mass is 10.2. The van der Waals surface area contributed by atoms with Crippen LogP contribution in [0.3, 0.4) is 0 Å². The SMILES string of the molecule is CC(C)N(CCCN(C)C)CCCN(C(C)C)C(C)C. The van der Waals surface area contributed by atoms with E-state index in [0.29, 0.717) is 18.1 Å². The van der Waals surface area contributed by atoms with Gasteiger partial charge in [0.05, 0.1) is 0 Å². The Labute approximate surface area is 128 Å². The zero-order valence-corrected chi connectivity index (χ0v) is 15.3. The maximum atomic E-state index is 2.63. The molecule has 0 amide bonds. The van der Waals surface area contributed by atoms with Gasteiger partial charge in [0.2, 0.25) is 0 Å². The Morgan fingerprint density at radius 1 is 0.600 bits per heavy atom. The molecule has 0 rings (SSSR count). The van der Waals surface area contributed by atoms with Crippen molar-refractivity contribution < 1.29 is 0 Å². The topological polar surface area (TPSA) is 9.72 Å². The van der Waals surface area contributed by atoms with Gasteiger partial charge in [0.25, 0.3) is 0 Å². The average Bonchev–Trinajstić information content (AvgIpc) is 2.30. The summed E-state index contributed by atoms with van der Waals surface area (Å²) >= 11 is 0. The maximum Gasteiger partial charge on any atom is 0.00413 e. The zero-order chi connectivity index (χ0) is 15.7. The molecule has 3 nitrogen and oxygen atoms in total. The van der Waals surface area contributed by atoms with Gasteiger partial charge in [0.15, 0.2) is 0 Å². The molecule has 0 fully saturated rings. The summed E-state index contributed by atoms with van der Waals surface area (Å²) in [5.74, 6) is 0. The van der Waals surface area contributed by atoms with Gasteiger partial charge in [-0.2, -0.15) is 0 Å². The molecule has 0 aliphatic rings. The van der Waals surface area contributed by atoms with Crippen LogP contribution in [0, 0.1) is 0 Å². The summed E-state index contributed by atoms with van der Waals surface area (Å²) in [6, 6.07) is 1.95. The van der Waals surface area contributed by atoms with E-state index < -0.39 is 0 Å². The normalized spacial score (nSPS) is 12.9. The third-order valence-corrected chi connectivity index (χ3v) is 3.97. The summed E-state index contributed by atoms with van der Waals surface area (Å²) < 4.78 is 0. The minimum absolute atomic E-state index is 0.649. The predicted octanol–water partition coefficient (Wildman–Crippen LogP) is 3.16.